The second-order valence-electron chi connectivity index (χ2n) is 5.72. The standard InChI is InChI=1S/C16H22N4/c1-11(20(2)12-5-6-12)10-19-15-8-7-14-13(16(15)17)4-3-9-18-14/h3-4,7-9,11-12,19H,5-6,10,17H2,1-2H3. The lowest BCUT2D eigenvalue weighted by molar-refractivity contribution is 0.257. The molecule has 1 atom stereocenters. The Morgan fingerprint density at radius 2 is 2.20 bits per heavy atom. The molecule has 1 heterocycles. The zero-order valence-corrected chi connectivity index (χ0v) is 12.1. The molecule has 0 aliphatic heterocycles. The first-order valence-corrected chi connectivity index (χ1v) is 7.26. The van der Waals surface area contributed by atoms with Gasteiger partial charge in [0.2, 0.25) is 0 Å². The number of nitrogens with one attached hydrogen (secondary N) is 1. The first kappa shape index (κ1) is 13.2. The molecule has 20 heavy (non-hydrogen) atoms. The molecule has 1 aromatic carbocycles. The van der Waals surface area contributed by atoms with Gasteiger partial charge >= 0.3 is 0 Å². The largest absolute Gasteiger partial charge is 0.397 e. The smallest absolute Gasteiger partial charge is 0.0724 e. The summed E-state index contributed by atoms with van der Waals surface area (Å²) in [6.45, 7) is 3.16. The minimum atomic E-state index is 0.506. The van der Waals surface area contributed by atoms with Crippen LogP contribution < -0.4 is 11.1 Å². The van der Waals surface area contributed by atoms with Crippen LogP contribution in [0.5, 0.6) is 0 Å². The summed E-state index contributed by atoms with van der Waals surface area (Å²) in [5.74, 6) is 0. The molecule has 0 saturated heterocycles. The van der Waals surface area contributed by atoms with Crippen molar-refractivity contribution in [3.8, 4) is 0 Å². The molecule has 0 bridgehead atoms. The lowest BCUT2D eigenvalue weighted by atomic mass is 10.1. The lowest BCUT2D eigenvalue weighted by Crippen LogP contribution is -2.36. The van der Waals surface area contributed by atoms with E-state index >= 15 is 0 Å². The van der Waals surface area contributed by atoms with Crippen molar-refractivity contribution in [2.45, 2.75) is 31.8 Å². The molecule has 3 N–H and O–H groups in total. The van der Waals surface area contributed by atoms with Crippen LogP contribution >= 0.6 is 0 Å². The van der Waals surface area contributed by atoms with Gasteiger partial charge in [-0.3, -0.25) is 9.88 Å². The molecule has 1 aliphatic carbocycles. The van der Waals surface area contributed by atoms with Crippen molar-refractivity contribution in [2.75, 3.05) is 24.6 Å². The second-order valence-corrected chi connectivity index (χ2v) is 5.72. The number of aromatic nitrogens is 1. The van der Waals surface area contributed by atoms with Gasteiger partial charge in [-0.25, -0.2) is 0 Å². The predicted octanol–water partition coefficient (Wildman–Crippen LogP) is 2.71. The summed E-state index contributed by atoms with van der Waals surface area (Å²) in [4.78, 5) is 6.77. The molecule has 0 radical (unpaired) electrons. The molecule has 2 aromatic rings. The van der Waals surface area contributed by atoms with E-state index in [1.807, 2.05) is 24.3 Å². The minimum absolute atomic E-state index is 0.506. The Kier molecular flexibility index (Phi) is 3.49. The van der Waals surface area contributed by atoms with E-state index in [1.54, 1.807) is 6.20 Å². The van der Waals surface area contributed by atoms with E-state index in [1.165, 1.54) is 12.8 Å². The maximum Gasteiger partial charge on any atom is 0.0724 e. The van der Waals surface area contributed by atoms with E-state index in [-0.39, 0.29) is 0 Å². The van der Waals surface area contributed by atoms with Gasteiger partial charge in [0.05, 0.1) is 16.9 Å². The monoisotopic (exact) mass is 270 g/mol. The number of rotatable bonds is 5. The normalized spacial score (nSPS) is 16.6. The van der Waals surface area contributed by atoms with Gasteiger partial charge in [-0.1, -0.05) is 0 Å². The highest BCUT2D eigenvalue weighted by Crippen LogP contribution is 2.29. The fourth-order valence-electron chi connectivity index (χ4n) is 2.57. The molecule has 3 rings (SSSR count). The third-order valence-corrected chi connectivity index (χ3v) is 4.23. The first-order valence-electron chi connectivity index (χ1n) is 7.26. The number of hydrogen-bond acceptors (Lipinski definition) is 4. The van der Waals surface area contributed by atoms with E-state index in [9.17, 15) is 0 Å². The molecule has 1 fully saturated rings. The Morgan fingerprint density at radius 3 is 2.95 bits per heavy atom. The summed E-state index contributed by atoms with van der Waals surface area (Å²) < 4.78 is 0. The highest BCUT2D eigenvalue weighted by atomic mass is 15.2. The SMILES string of the molecule is CC(CNc1ccc2ncccc2c1N)N(C)C1CC1. The highest BCUT2D eigenvalue weighted by Gasteiger charge is 2.28. The van der Waals surface area contributed by atoms with Crippen molar-refractivity contribution in [3.05, 3.63) is 30.5 Å². The summed E-state index contributed by atoms with van der Waals surface area (Å²) >= 11 is 0. The fourth-order valence-corrected chi connectivity index (χ4v) is 2.57. The molecule has 4 nitrogen and oxygen atoms in total. The number of pyridine rings is 1. The number of nitrogen functional groups attached to an aromatic ring is 1. The lowest BCUT2D eigenvalue weighted by Gasteiger charge is -2.25. The number of fused-ring (bicyclic) bond motifs is 1. The van der Waals surface area contributed by atoms with Gasteiger partial charge in [-0.2, -0.15) is 0 Å². The predicted molar refractivity (Wildman–Crippen MR) is 84.9 cm³/mol. The molecule has 1 unspecified atom stereocenters. The minimum Gasteiger partial charge on any atom is -0.397 e. The van der Waals surface area contributed by atoms with Gasteiger partial charge in [-0.05, 0) is 51.1 Å². The first-order chi connectivity index (χ1) is 9.66. The molecule has 0 spiro atoms. The molecule has 106 valence electrons. The fraction of sp³-hybridized carbons (Fsp3) is 0.438. The average Bonchev–Trinajstić information content (AvgIpc) is 3.30. The molecule has 1 aromatic heterocycles. The number of anilines is 2. The van der Waals surface area contributed by atoms with Gasteiger partial charge < -0.3 is 11.1 Å². The molecule has 0 amide bonds. The van der Waals surface area contributed by atoms with Crippen LogP contribution in [-0.2, 0) is 0 Å². The topological polar surface area (TPSA) is 54.2 Å². The van der Waals surface area contributed by atoms with Crippen molar-refractivity contribution in [1.82, 2.24) is 9.88 Å². The Balaban J connectivity index is 1.72. The Morgan fingerprint density at radius 1 is 1.40 bits per heavy atom. The Bertz CT molecular complexity index is 606. The molecule has 4 heteroatoms. The zero-order chi connectivity index (χ0) is 14.1. The van der Waals surface area contributed by atoms with Crippen molar-refractivity contribution in [2.24, 2.45) is 0 Å². The van der Waals surface area contributed by atoms with Crippen LogP contribution in [0.25, 0.3) is 10.9 Å². The molecule has 1 saturated carbocycles. The van der Waals surface area contributed by atoms with Crippen molar-refractivity contribution in [3.63, 3.8) is 0 Å². The van der Waals surface area contributed by atoms with Crippen LogP contribution in [0, 0.1) is 0 Å². The number of nitrogens with zero attached hydrogens (tertiary/aromatic N) is 2. The third-order valence-electron chi connectivity index (χ3n) is 4.23. The van der Waals surface area contributed by atoms with E-state index < -0.39 is 0 Å². The summed E-state index contributed by atoms with van der Waals surface area (Å²) in [5.41, 5.74) is 8.97. The van der Waals surface area contributed by atoms with Crippen LogP contribution in [0.1, 0.15) is 19.8 Å². The van der Waals surface area contributed by atoms with E-state index in [4.69, 9.17) is 5.73 Å². The van der Waals surface area contributed by atoms with Crippen LogP contribution in [0.2, 0.25) is 0 Å². The summed E-state index contributed by atoms with van der Waals surface area (Å²) in [6.07, 6.45) is 4.47. The number of nitrogens with two attached hydrogens (primary N) is 1. The van der Waals surface area contributed by atoms with E-state index in [0.29, 0.717) is 6.04 Å². The molecular formula is C16H22N4. The highest BCUT2D eigenvalue weighted by molar-refractivity contribution is 5.96. The van der Waals surface area contributed by atoms with Gasteiger partial charge in [0.15, 0.2) is 0 Å². The second kappa shape index (κ2) is 5.29. The Labute approximate surface area is 120 Å². The van der Waals surface area contributed by atoms with Crippen LogP contribution in [-0.4, -0.2) is 35.6 Å². The van der Waals surface area contributed by atoms with Gasteiger partial charge in [0.25, 0.3) is 0 Å². The summed E-state index contributed by atoms with van der Waals surface area (Å²) in [6, 6.07) is 9.27. The third kappa shape index (κ3) is 2.56. The number of likely N-dealkylation sites (N-methyl/N-ethyl adjacent to an activating group) is 1. The zero-order valence-electron chi connectivity index (χ0n) is 12.1. The van der Waals surface area contributed by atoms with Gasteiger partial charge in [0, 0.05) is 30.2 Å². The maximum atomic E-state index is 6.24. The van der Waals surface area contributed by atoms with Crippen LogP contribution in [0.4, 0.5) is 11.4 Å². The van der Waals surface area contributed by atoms with Gasteiger partial charge in [0.1, 0.15) is 0 Å². The number of hydrogen-bond donors (Lipinski definition) is 2. The molecular weight excluding hydrogens is 248 g/mol. The van der Waals surface area contributed by atoms with Gasteiger partial charge in [-0.15, -0.1) is 0 Å². The summed E-state index contributed by atoms with van der Waals surface area (Å²) in [5, 5.41) is 4.49. The Hall–Kier alpha value is -1.81. The van der Waals surface area contributed by atoms with Crippen LogP contribution in [0.15, 0.2) is 30.5 Å². The quantitative estimate of drug-likeness (QED) is 0.820. The number of benzene rings is 1. The van der Waals surface area contributed by atoms with Crippen molar-refractivity contribution in [1.29, 1.82) is 0 Å². The summed E-state index contributed by atoms with van der Waals surface area (Å²) in [7, 11) is 2.21. The van der Waals surface area contributed by atoms with Crippen LogP contribution in [0.3, 0.4) is 0 Å². The van der Waals surface area contributed by atoms with Crippen molar-refractivity contribution < 1.29 is 0 Å². The van der Waals surface area contributed by atoms with Crippen molar-refractivity contribution >= 4 is 22.3 Å². The van der Waals surface area contributed by atoms with E-state index in [2.05, 4.69) is 29.2 Å². The maximum absolute atomic E-state index is 6.24. The average molecular weight is 270 g/mol. The molecule has 1 aliphatic rings. The van der Waals surface area contributed by atoms with E-state index in [0.717, 1.165) is 34.9 Å².